The fourth-order valence-corrected chi connectivity index (χ4v) is 4.22. The summed E-state index contributed by atoms with van der Waals surface area (Å²) in [7, 11) is 0. The van der Waals surface area contributed by atoms with E-state index < -0.39 is 28.5 Å². The van der Waals surface area contributed by atoms with Crippen molar-refractivity contribution in [3.8, 4) is 5.82 Å². The molecule has 29 heavy (non-hydrogen) atoms. The average molecular weight is 445 g/mol. The van der Waals surface area contributed by atoms with Crippen LogP contribution >= 0.6 is 22.9 Å². The summed E-state index contributed by atoms with van der Waals surface area (Å²) in [4.78, 5) is 27.4. The Morgan fingerprint density at radius 3 is 2.66 bits per heavy atom. The molecular formula is C19H16ClF3N2O3S. The fourth-order valence-electron chi connectivity index (χ4n) is 3.04. The minimum atomic E-state index is -4.60. The summed E-state index contributed by atoms with van der Waals surface area (Å²) in [5.74, 6) is -1.75. The summed E-state index contributed by atoms with van der Waals surface area (Å²) < 4.78 is 40.1. The van der Waals surface area contributed by atoms with Gasteiger partial charge in [-0.15, -0.1) is 0 Å². The number of carboxylic acid groups (broad SMARTS) is 1. The molecule has 5 nitrogen and oxygen atoms in total. The van der Waals surface area contributed by atoms with Crippen molar-refractivity contribution in [2.24, 2.45) is 0 Å². The van der Waals surface area contributed by atoms with Gasteiger partial charge in [0.25, 0.3) is 0 Å². The molecule has 0 bridgehead atoms. The van der Waals surface area contributed by atoms with Crippen LogP contribution in [0.1, 0.15) is 43.2 Å². The lowest BCUT2D eigenvalue weighted by atomic mass is 9.94. The molecule has 0 saturated carbocycles. The lowest BCUT2D eigenvalue weighted by Gasteiger charge is -2.13. The van der Waals surface area contributed by atoms with Gasteiger partial charge in [0.15, 0.2) is 5.82 Å². The zero-order valence-corrected chi connectivity index (χ0v) is 16.7. The first kappa shape index (κ1) is 21.3. The minimum absolute atomic E-state index is 0.107. The van der Waals surface area contributed by atoms with E-state index in [2.05, 4.69) is 4.98 Å². The van der Waals surface area contributed by atoms with Gasteiger partial charge in [-0.05, 0) is 30.2 Å². The smallest absolute Gasteiger partial charge is 0.417 e. The molecule has 0 aliphatic heterocycles. The van der Waals surface area contributed by atoms with Gasteiger partial charge in [-0.1, -0.05) is 48.8 Å². The number of alkyl halides is 3. The van der Waals surface area contributed by atoms with E-state index in [-0.39, 0.29) is 10.8 Å². The number of aliphatic carboxylic acids is 1. The number of halogens is 4. The molecule has 10 heteroatoms. The lowest BCUT2D eigenvalue weighted by Crippen LogP contribution is -2.14. The van der Waals surface area contributed by atoms with Gasteiger partial charge in [-0.25, -0.2) is 9.55 Å². The molecule has 1 atom stereocenters. The molecule has 0 aliphatic carbocycles. The molecule has 154 valence electrons. The van der Waals surface area contributed by atoms with Gasteiger partial charge in [-0.2, -0.15) is 13.2 Å². The summed E-state index contributed by atoms with van der Waals surface area (Å²) in [6.45, 7) is 1.97. The Kier molecular flexibility index (Phi) is 6.00. The van der Waals surface area contributed by atoms with Crippen molar-refractivity contribution in [3.05, 3.63) is 56.3 Å². The molecule has 0 saturated heterocycles. The Hall–Kier alpha value is -2.39. The van der Waals surface area contributed by atoms with E-state index in [4.69, 9.17) is 11.6 Å². The fraction of sp³-hybridized carbons (Fsp3) is 0.316. The van der Waals surface area contributed by atoms with Gasteiger partial charge < -0.3 is 5.11 Å². The molecule has 1 N–H and O–H groups in total. The number of unbranched alkanes of at least 4 members (excludes halogenated alkanes) is 1. The van der Waals surface area contributed by atoms with E-state index >= 15 is 0 Å². The first-order valence-corrected chi connectivity index (χ1v) is 9.94. The normalized spacial score (nSPS) is 13.0. The second kappa shape index (κ2) is 8.16. The number of benzene rings is 1. The van der Waals surface area contributed by atoms with Crippen LogP contribution in [0.15, 0.2) is 35.3 Å². The third kappa shape index (κ3) is 4.30. The molecule has 0 fully saturated rings. The number of carboxylic acids is 1. The highest BCUT2D eigenvalue weighted by Gasteiger charge is 2.32. The van der Waals surface area contributed by atoms with E-state index in [9.17, 15) is 27.9 Å². The highest BCUT2D eigenvalue weighted by Crippen LogP contribution is 2.33. The molecule has 0 spiro atoms. The van der Waals surface area contributed by atoms with Gasteiger partial charge >= 0.3 is 17.0 Å². The number of hydrogen-bond donors (Lipinski definition) is 1. The quantitative estimate of drug-likeness (QED) is 0.546. The number of fused-ring (bicyclic) bond motifs is 1. The van der Waals surface area contributed by atoms with Crippen LogP contribution in [0, 0.1) is 0 Å². The predicted molar refractivity (Wildman–Crippen MR) is 105 cm³/mol. The lowest BCUT2D eigenvalue weighted by molar-refractivity contribution is -0.139. The molecule has 3 aromatic rings. The highest BCUT2D eigenvalue weighted by atomic mass is 35.5. The first-order chi connectivity index (χ1) is 13.6. The van der Waals surface area contributed by atoms with E-state index in [0.29, 0.717) is 28.4 Å². The number of pyridine rings is 1. The van der Waals surface area contributed by atoms with Crippen LogP contribution in [0.2, 0.25) is 5.02 Å². The molecule has 2 aromatic heterocycles. The van der Waals surface area contributed by atoms with Crippen molar-refractivity contribution in [1.29, 1.82) is 0 Å². The number of hydrogen-bond acceptors (Lipinski definition) is 4. The molecule has 2 heterocycles. The van der Waals surface area contributed by atoms with Gasteiger partial charge in [-0.3, -0.25) is 9.59 Å². The molecule has 0 radical (unpaired) electrons. The van der Waals surface area contributed by atoms with Crippen molar-refractivity contribution >= 4 is 39.1 Å². The van der Waals surface area contributed by atoms with Crippen molar-refractivity contribution in [2.45, 2.75) is 38.3 Å². The third-order valence-electron chi connectivity index (χ3n) is 4.51. The summed E-state index contributed by atoms with van der Waals surface area (Å²) in [6, 6.07) is 5.53. The Morgan fingerprint density at radius 1 is 1.34 bits per heavy atom. The molecule has 0 aliphatic rings. The Bertz CT molecular complexity index is 1120. The molecule has 3 rings (SSSR count). The maximum Gasteiger partial charge on any atom is 0.417 e. The van der Waals surface area contributed by atoms with Gasteiger partial charge in [0.2, 0.25) is 0 Å². The van der Waals surface area contributed by atoms with E-state index in [1.807, 2.05) is 6.92 Å². The number of rotatable bonds is 6. The van der Waals surface area contributed by atoms with Crippen LogP contribution in [0.3, 0.4) is 0 Å². The van der Waals surface area contributed by atoms with Crippen LogP contribution in [-0.4, -0.2) is 20.6 Å². The Balaban J connectivity index is 2.09. The standard InChI is InChI=1S/C19H16ClF3N2O3S/c1-2-3-4-12(17(26)27)10-5-6-14-15(7-10)29-18(28)25(14)16-13(20)8-11(9-24-16)19(21,22)23/h5-9,12H,2-4H2,1H3,(H,26,27). The van der Waals surface area contributed by atoms with E-state index in [1.54, 1.807) is 18.2 Å². The third-order valence-corrected chi connectivity index (χ3v) is 5.69. The molecule has 1 aromatic carbocycles. The average Bonchev–Trinajstić information content (AvgIpc) is 2.96. The monoisotopic (exact) mass is 444 g/mol. The van der Waals surface area contributed by atoms with Crippen LogP contribution in [-0.2, 0) is 11.0 Å². The molecular weight excluding hydrogens is 429 g/mol. The number of nitrogens with zero attached hydrogens (tertiary/aromatic N) is 2. The van der Waals surface area contributed by atoms with Crippen molar-refractivity contribution in [1.82, 2.24) is 9.55 Å². The topological polar surface area (TPSA) is 72.2 Å². The largest absolute Gasteiger partial charge is 0.481 e. The van der Waals surface area contributed by atoms with Crippen molar-refractivity contribution in [3.63, 3.8) is 0 Å². The predicted octanol–water partition coefficient (Wildman–Crippen LogP) is 5.48. The van der Waals surface area contributed by atoms with Crippen LogP contribution < -0.4 is 4.87 Å². The van der Waals surface area contributed by atoms with E-state index in [1.165, 1.54) is 0 Å². The van der Waals surface area contributed by atoms with Crippen LogP contribution in [0.5, 0.6) is 0 Å². The maximum absolute atomic E-state index is 12.8. The molecule has 1 unspecified atom stereocenters. The minimum Gasteiger partial charge on any atom is -0.481 e. The highest BCUT2D eigenvalue weighted by molar-refractivity contribution is 7.16. The SMILES string of the molecule is CCCCC(C(=O)O)c1ccc2c(c1)sc(=O)n2-c1ncc(C(F)(F)F)cc1Cl. The van der Waals surface area contributed by atoms with Crippen LogP contribution in [0.25, 0.3) is 16.0 Å². The van der Waals surface area contributed by atoms with Gasteiger partial charge in [0.05, 0.1) is 26.7 Å². The second-order valence-electron chi connectivity index (χ2n) is 6.49. The summed E-state index contributed by atoms with van der Waals surface area (Å²) >= 11 is 6.84. The summed E-state index contributed by atoms with van der Waals surface area (Å²) in [5.41, 5.74) is -0.0443. The van der Waals surface area contributed by atoms with Crippen LogP contribution in [0.4, 0.5) is 13.2 Å². The number of carbonyl (C=O) groups is 1. The summed E-state index contributed by atoms with van der Waals surface area (Å²) in [5, 5.41) is 9.20. The zero-order valence-electron chi connectivity index (χ0n) is 15.2. The van der Waals surface area contributed by atoms with Crippen molar-refractivity contribution < 1.29 is 23.1 Å². The first-order valence-electron chi connectivity index (χ1n) is 8.75. The van der Waals surface area contributed by atoms with Crippen molar-refractivity contribution in [2.75, 3.05) is 0 Å². The second-order valence-corrected chi connectivity index (χ2v) is 7.89. The summed E-state index contributed by atoms with van der Waals surface area (Å²) in [6.07, 6.45) is -1.91. The number of aromatic nitrogens is 2. The zero-order chi connectivity index (χ0) is 21.3. The maximum atomic E-state index is 12.8. The van der Waals surface area contributed by atoms with Gasteiger partial charge in [0.1, 0.15) is 0 Å². The Morgan fingerprint density at radius 2 is 2.07 bits per heavy atom. The molecule has 0 amide bonds. The number of thiazole rings is 1. The van der Waals surface area contributed by atoms with E-state index in [0.717, 1.165) is 34.8 Å². The Labute approximate surface area is 172 Å². The van der Waals surface area contributed by atoms with Gasteiger partial charge in [0, 0.05) is 6.20 Å².